The summed E-state index contributed by atoms with van der Waals surface area (Å²) in [5.74, 6) is 0. The number of fused-ring (bicyclic) bond motifs is 1. The number of anilines is 1. The number of nitrogens with zero attached hydrogens (tertiary/aromatic N) is 2. The number of aryl methyl sites for hydroxylation is 1. The third kappa shape index (κ3) is 3.22. The van der Waals surface area contributed by atoms with Crippen molar-refractivity contribution in [3.63, 3.8) is 0 Å². The van der Waals surface area contributed by atoms with Crippen LogP contribution in [0.2, 0.25) is 0 Å². The van der Waals surface area contributed by atoms with Gasteiger partial charge in [-0.15, -0.1) is 11.3 Å². The van der Waals surface area contributed by atoms with Crippen molar-refractivity contribution in [2.24, 2.45) is 0 Å². The third-order valence-electron chi connectivity index (χ3n) is 4.89. The number of aromatic nitrogens is 1. The Hall–Kier alpha value is -2.66. The van der Waals surface area contributed by atoms with E-state index in [-0.39, 0.29) is 6.03 Å². The fourth-order valence-corrected chi connectivity index (χ4v) is 4.28. The lowest BCUT2D eigenvalue weighted by Gasteiger charge is -2.26. The van der Waals surface area contributed by atoms with E-state index in [1.165, 1.54) is 10.4 Å². The zero-order valence-electron chi connectivity index (χ0n) is 15.0. The van der Waals surface area contributed by atoms with Crippen LogP contribution in [0.25, 0.3) is 10.6 Å². The maximum absolute atomic E-state index is 12.7. The smallest absolute Gasteiger partial charge is 0.319 e. The highest BCUT2D eigenvalue weighted by atomic mass is 32.1. The first-order chi connectivity index (χ1) is 12.6. The van der Waals surface area contributed by atoms with Gasteiger partial charge in [-0.2, -0.15) is 0 Å². The van der Waals surface area contributed by atoms with Gasteiger partial charge in [0.15, 0.2) is 0 Å². The molecule has 26 heavy (non-hydrogen) atoms. The first-order valence-corrected chi connectivity index (χ1v) is 9.59. The number of carbonyl (C=O) groups excluding carboxylic acids is 1. The molecule has 0 bridgehead atoms. The van der Waals surface area contributed by atoms with Gasteiger partial charge in [0.2, 0.25) is 0 Å². The zero-order chi connectivity index (χ0) is 18.1. The number of urea groups is 1. The molecule has 2 heterocycles. The first kappa shape index (κ1) is 16.8. The van der Waals surface area contributed by atoms with Gasteiger partial charge >= 0.3 is 6.03 Å². The number of rotatable bonds is 2. The Labute approximate surface area is 157 Å². The summed E-state index contributed by atoms with van der Waals surface area (Å²) in [6, 6.07) is 16.2. The molecular formula is C21H21N3OS. The van der Waals surface area contributed by atoms with Crippen LogP contribution in [0.15, 0.2) is 48.5 Å². The van der Waals surface area contributed by atoms with Crippen LogP contribution in [0.3, 0.4) is 0 Å². The summed E-state index contributed by atoms with van der Waals surface area (Å²) in [6.45, 7) is 5.41. The number of carbonyl (C=O) groups is 1. The second kappa shape index (κ2) is 6.92. The third-order valence-corrected chi connectivity index (χ3v) is 6.02. The lowest BCUT2D eigenvalue weighted by molar-refractivity contribution is 0.207. The molecule has 1 aliphatic rings. The molecule has 4 nitrogen and oxygen atoms in total. The van der Waals surface area contributed by atoms with Crippen LogP contribution in [0, 0.1) is 13.8 Å². The lowest BCUT2D eigenvalue weighted by atomic mass is 10.1. The molecule has 1 aromatic heterocycles. The van der Waals surface area contributed by atoms with E-state index in [4.69, 9.17) is 4.98 Å². The number of hydrogen-bond acceptors (Lipinski definition) is 3. The van der Waals surface area contributed by atoms with Crippen LogP contribution >= 0.6 is 11.3 Å². The standard InChI is InChI=1S/C21H21N3OS/c1-14-7-6-10-17(15(14)2)23-21(25)24-12-11-18-19(13-24)26-20(22-18)16-8-4-3-5-9-16/h3-10H,11-13H2,1-2H3,(H,23,25). The molecule has 3 aromatic rings. The van der Waals surface area contributed by atoms with Crippen LogP contribution in [0.4, 0.5) is 10.5 Å². The van der Waals surface area contributed by atoms with Crippen molar-refractivity contribution in [1.29, 1.82) is 0 Å². The summed E-state index contributed by atoms with van der Waals surface area (Å²) < 4.78 is 0. The average molecular weight is 363 g/mol. The normalized spacial score (nSPS) is 13.4. The molecule has 0 spiro atoms. The highest BCUT2D eigenvalue weighted by Crippen LogP contribution is 2.31. The predicted octanol–water partition coefficient (Wildman–Crippen LogP) is 5.02. The van der Waals surface area contributed by atoms with Crippen molar-refractivity contribution >= 4 is 23.1 Å². The topological polar surface area (TPSA) is 45.2 Å². The second-order valence-corrected chi connectivity index (χ2v) is 7.69. The monoisotopic (exact) mass is 363 g/mol. The second-order valence-electron chi connectivity index (χ2n) is 6.60. The molecule has 1 aliphatic heterocycles. The van der Waals surface area contributed by atoms with E-state index >= 15 is 0 Å². The first-order valence-electron chi connectivity index (χ1n) is 8.78. The Kier molecular flexibility index (Phi) is 4.47. The fourth-order valence-electron chi connectivity index (χ4n) is 3.15. The molecular weight excluding hydrogens is 342 g/mol. The van der Waals surface area contributed by atoms with Gasteiger partial charge in [-0.1, -0.05) is 42.5 Å². The van der Waals surface area contributed by atoms with Crippen molar-refractivity contribution in [2.45, 2.75) is 26.8 Å². The molecule has 0 unspecified atom stereocenters. The van der Waals surface area contributed by atoms with Gasteiger partial charge in [0, 0.05) is 29.1 Å². The molecule has 1 N–H and O–H groups in total. The molecule has 132 valence electrons. The largest absolute Gasteiger partial charge is 0.322 e. The fraction of sp³-hybridized carbons (Fsp3) is 0.238. The minimum absolute atomic E-state index is 0.0426. The Bertz CT molecular complexity index is 949. The molecule has 0 aliphatic carbocycles. The Morgan fingerprint density at radius 1 is 1.12 bits per heavy atom. The summed E-state index contributed by atoms with van der Waals surface area (Å²) in [6.07, 6.45) is 0.804. The van der Waals surface area contributed by atoms with Crippen molar-refractivity contribution in [3.05, 3.63) is 70.2 Å². The number of amides is 2. The van der Waals surface area contributed by atoms with Crippen molar-refractivity contribution < 1.29 is 4.79 Å². The molecule has 0 saturated carbocycles. The Morgan fingerprint density at radius 2 is 1.92 bits per heavy atom. The van der Waals surface area contributed by atoms with Gasteiger partial charge in [-0.05, 0) is 31.0 Å². The molecule has 0 atom stereocenters. The quantitative estimate of drug-likeness (QED) is 0.695. The minimum atomic E-state index is -0.0426. The van der Waals surface area contributed by atoms with Crippen LogP contribution in [-0.2, 0) is 13.0 Å². The lowest BCUT2D eigenvalue weighted by Crippen LogP contribution is -2.38. The predicted molar refractivity (Wildman–Crippen MR) is 107 cm³/mol. The van der Waals surface area contributed by atoms with Crippen LogP contribution in [0.1, 0.15) is 21.7 Å². The van der Waals surface area contributed by atoms with E-state index in [0.29, 0.717) is 13.1 Å². The van der Waals surface area contributed by atoms with Crippen LogP contribution in [-0.4, -0.2) is 22.5 Å². The van der Waals surface area contributed by atoms with Crippen LogP contribution in [0.5, 0.6) is 0 Å². The maximum atomic E-state index is 12.7. The van der Waals surface area contributed by atoms with Gasteiger partial charge in [0.05, 0.1) is 12.2 Å². The summed E-state index contributed by atoms with van der Waals surface area (Å²) in [7, 11) is 0. The average Bonchev–Trinajstić information content (AvgIpc) is 3.09. The van der Waals surface area contributed by atoms with E-state index in [1.807, 2.05) is 42.2 Å². The van der Waals surface area contributed by atoms with E-state index < -0.39 is 0 Å². The highest BCUT2D eigenvalue weighted by Gasteiger charge is 2.24. The van der Waals surface area contributed by atoms with Crippen molar-refractivity contribution in [3.8, 4) is 10.6 Å². The summed E-state index contributed by atoms with van der Waals surface area (Å²) in [5.41, 5.74) is 5.44. The molecule has 0 fully saturated rings. The highest BCUT2D eigenvalue weighted by molar-refractivity contribution is 7.15. The Morgan fingerprint density at radius 3 is 2.73 bits per heavy atom. The summed E-state index contributed by atoms with van der Waals surface area (Å²) in [4.78, 5) is 20.6. The van der Waals surface area contributed by atoms with Gasteiger partial charge in [-0.3, -0.25) is 0 Å². The zero-order valence-corrected chi connectivity index (χ0v) is 15.8. The van der Waals surface area contributed by atoms with Gasteiger partial charge in [-0.25, -0.2) is 9.78 Å². The number of hydrogen-bond donors (Lipinski definition) is 1. The maximum Gasteiger partial charge on any atom is 0.322 e. The van der Waals surface area contributed by atoms with E-state index in [9.17, 15) is 4.79 Å². The Balaban J connectivity index is 1.50. The van der Waals surface area contributed by atoms with Crippen LogP contribution < -0.4 is 5.32 Å². The van der Waals surface area contributed by atoms with E-state index in [0.717, 1.165) is 33.9 Å². The van der Waals surface area contributed by atoms with Gasteiger partial charge in [0.25, 0.3) is 0 Å². The SMILES string of the molecule is Cc1cccc(NC(=O)N2CCc3nc(-c4ccccc4)sc3C2)c1C. The van der Waals surface area contributed by atoms with Gasteiger partial charge < -0.3 is 10.2 Å². The molecule has 5 heteroatoms. The van der Waals surface area contributed by atoms with E-state index in [2.05, 4.69) is 30.4 Å². The summed E-state index contributed by atoms with van der Waals surface area (Å²) >= 11 is 1.69. The van der Waals surface area contributed by atoms with Crippen molar-refractivity contribution in [1.82, 2.24) is 9.88 Å². The summed E-state index contributed by atoms with van der Waals surface area (Å²) in [5, 5.41) is 4.10. The molecule has 2 aromatic carbocycles. The molecule has 0 saturated heterocycles. The molecule has 0 radical (unpaired) electrons. The number of benzene rings is 2. The molecule has 4 rings (SSSR count). The minimum Gasteiger partial charge on any atom is -0.319 e. The van der Waals surface area contributed by atoms with Gasteiger partial charge in [0.1, 0.15) is 5.01 Å². The van der Waals surface area contributed by atoms with E-state index in [1.54, 1.807) is 11.3 Å². The molecule has 2 amide bonds. The number of thiazole rings is 1. The van der Waals surface area contributed by atoms with Crippen molar-refractivity contribution in [2.75, 3.05) is 11.9 Å². The number of nitrogens with one attached hydrogen (secondary N) is 1.